The number of nitrogens with one attached hydrogen (secondary N) is 1. The van der Waals surface area contributed by atoms with Crippen LogP contribution >= 0.6 is 0 Å². The summed E-state index contributed by atoms with van der Waals surface area (Å²) in [4.78, 5) is 0. The van der Waals surface area contributed by atoms with Gasteiger partial charge >= 0.3 is 0 Å². The third kappa shape index (κ3) is 6.19. The van der Waals surface area contributed by atoms with Crippen LogP contribution in [0, 0.1) is 0 Å². The molecule has 0 spiro atoms. The summed E-state index contributed by atoms with van der Waals surface area (Å²) in [6, 6.07) is 3.96. The molecular weight excluding hydrogens is 230 g/mol. The van der Waals surface area contributed by atoms with Gasteiger partial charge in [-0.2, -0.15) is 0 Å². The Bertz CT molecular complexity index is 312. The van der Waals surface area contributed by atoms with Crippen molar-refractivity contribution in [2.75, 3.05) is 19.8 Å². The standard InChI is InChI=1S/C14H25NO3/c1-4-8-15-9-13-6-7-14(18-13)11-17-12(3)10-16-5-2/h6-7,12,15H,4-5,8-11H2,1-3H3. The molecule has 0 aliphatic carbocycles. The highest BCUT2D eigenvalue weighted by molar-refractivity contribution is 5.06. The number of hydrogen-bond acceptors (Lipinski definition) is 4. The van der Waals surface area contributed by atoms with Gasteiger partial charge in [-0.1, -0.05) is 6.92 Å². The molecule has 1 aromatic heterocycles. The van der Waals surface area contributed by atoms with Crippen molar-refractivity contribution in [2.45, 2.75) is 46.4 Å². The van der Waals surface area contributed by atoms with Crippen LogP contribution in [0.2, 0.25) is 0 Å². The highest BCUT2D eigenvalue weighted by Crippen LogP contribution is 2.10. The molecule has 0 aliphatic rings. The van der Waals surface area contributed by atoms with E-state index in [1.165, 1.54) is 0 Å². The van der Waals surface area contributed by atoms with E-state index in [0.717, 1.165) is 37.6 Å². The summed E-state index contributed by atoms with van der Waals surface area (Å²) in [6.07, 6.45) is 1.22. The van der Waals surface area contributed by atoms with E-state index >= 15 is 0 Å². The lowest BCUT2D eigenvalue weighted by molar-refractivity contribution is -0.0173. The molecule has 0 amide bonds. The summed E-state index contributed by atoms with van der Waals surface area (Å²) >= 11 is 0. The van der Waals surface area contributed by atoms with Crippen molar-refractivity contribution >= 4 is 0 Å². The lowest BCUT2D eigenvalue weighted by Gasteiger charge is -2.11. The van der Waals surface area contributed by atoms with Gasteiger partial charge in [0.1, 0.15) is 18.1 Å². The Balaban J connectivity index is 2.22. The van der Waals surface area contributed by atoms with Crippen molar-refractivity contribution in [3.05, 3.63) is 23.7 Å². The zero-order chi connectivity index (χ0) is 13.2. The summed E-state index contributed by atoms with van der Waals surface area (Å²) in [5.74, 6) is 1.83. The van der Waals surface area contributed by atoms with Gasteiger partial charge in [-0.3, -0.25) is 0 Å². The highest BCUT2D eigenvalue weighted by Gasteiger charge is 2.06. The summed E-state index contributed by atoms with van der Waals surface area (Å²) in [7, 11) is 0. The fraction of sp³-hybridized carbons (Fsp3) is 0.714. The van der Waals surface area contributed by atoms with E-state index in [0.29, 0.717) is 13.2 Å². The maximum absolute atomic E-state index is 5.66. The number of rotatable bonds is 10. The fourth-order valence-electron chi connectivity index (χ4n) is 1.54. The SMILES string of the molecule is CCCNCc1ccc(COC(C)COCC)o1. The average molecular weight is 255 g/mol. The Morgan fingerprint density at radius 2 is 2.06 bits per heavy atom. The van der Waals surface area contributed by atoms with Crippen LogP contribution < -0.4 is 5.32 Å². The van der Waals surface area contributed by atoms with Crippen molar-refractivity contribution in [1.29, 1.82) is 0 Å². The van der Waals surface area contributed by atoms with E-state index < -0.39 is 0 Å². The van der Waals surface area contributed by atoms with Gasteiger partial charge in [-0.25, -0.2) is 0 Å². The van der Waals surface area contributed by atoms with E-state index in [1.807, 2.05) is 26.0 Å². The number of furan rings is 1. The molecule has 18 heavy (non-hydrogen) atoms. The summed E-state index contributed by atoms with van der Waals surface area (Å²) < 4.78 is 16.6. The topological polar surface area (TPSA) is 43.6 Å². The highest BCUT2D eigenvalue weighted by atomic mass is 16.5. The molecule has 1 unspecified atom stereocenters. The third-order valence-corrected chi connectivity index (χ3v) is 2.51. The van der Waals surface area contributed by atoms with E-state index in [1.54, 1.807) is 0 Å². The first-order valence-electron chi connectivity index (χ1n) is 6.73. The van der Waals surface area contributed by atoms with Crippen LogP contribution in [0.4, 0.5) is 0 Å². The zero-order valence-corrected chi connectivity index (χ0v) is 11.7. The van der Waals surface area contributed by atoms with Crippen molar-refractivity contribution in [3.63, 3.8) is 0 Å². The average Bonchev–Trinajstić information content (AvgIpc) is 2.82. The fourth-order valence-corrected chi connectivity index (χ4v) is 1.54. The van der Waals surface area contributed by atoms with Gasteiger partial charge in [-0.05, 0) is 38.9 Å². The molecule has 1 heterocycles. The monoisotopic (exact) mass is 255 g/mol. The molecule has 1 rings (SSSR count). The van der Waals surface area contributed by atoms with Gasteiger partial charge in [0.2, 0.25) is 0 Å². The molecule has 0 saturated carbocycles. The molecule has 4 heteroatoms. The van der Waals surface area contributed by atoms with Crippen LogP contribution in [0.5, 0.6) is 0 Å². The molecule has 0 radical (unpaired) electrons. The van der Waals surface area contributed by atoms with Gasteiger partial charge in [0.05, 0.1) is 19.3 Å². The van der Waals surface area contributed by atoms with E-state index in [-0.39, 0.29) is 6.10 Å². The predicted molar refractivity (Wildman–Crippen MR) is 71.4 cm³/mol. The predicted octanol–water partition coefficient (Wildman–Crippen LogP) is 2.72. The van der Waals surface area contributed by atoms with Crippen LogP contribution in [0.3, 0.4) is 0 Å². The molecule has 0 bridgehead atoms. The van der Waals surface area contributed by atoms with Gasteiger partial charge in [0, 0.05) is 6.61 Å². The smallest absolute Gasteiger partial charge is 0.129 e. The molecular formula is C14H25NO3. The Hall–Kier alpha value is -0.840. The minimum Gasteiger partial charge on any atom is -0.462 e. The quantitative estimate of drug-likeness (QED) is 0.653. The molecule has 0 aromatic carbocycles. The van der Waals surface area contributed by atoms with Gasteiger partial charge in [0.15, 0.2) is 0 Å². The number of hydrogen-bond donors (Lipinski definition) is 1. The molecule has 0 aliphatic heterocycles. The minimum atomic E-state index is 0.0942. The second-order valence-corrected chi connectivity index (χ2v) is 4.33. The maximum Gasteiger partial charge on any atom is 0.129 e. The lowest BCUT2D eigenvalue weighted by atomic mass is 10.4. The largest absolute Gasteiger partial charge is 0.462 e. The van der Waals surface area contributed by atoms with Crippen molar-refractivity contribution in [1.82, 2.24) is 5.32 Å². The van der Waals surface area contributed by atoms with Crippen LogP contribution in [0.1, 0.15) is 38.7 Å². The normalized spacial score (nSPS) is 12.8. The summed E-state index contributed by atoms with van der Waals surface area (Å²) in [5, 5.41) is 3.30. The first kappa shape index (κ1) is 15.2. The molecule has 0 saturated heterocycles. The van der Waals surface area contributed by atoms with Crippen molar-refractivity contribution < 1.29 is 13.9 Å². The first-order chi connectivity index (χ1) is 8.76. The van der Waals surface area contributed by atoms with E-state index in [2.05, 4.69) is 12.2 Å². The summed E-state index contributed by atoms with van der Waals surface area (Å²) in [6.45, 7) is 9.78. The molecule has 1 N–H and O–H groups in total. The van der Waals surface area contributed by atoms with Crippen LogP contribution in [0.25, 0.3) is 0 Å². The minimum absolute atomic E-state index is 0.0942. The Kier molecular flexibility index (Phi) is 7.73. The lowest BCUT2D eigenvalue weighted by Crippen LogP contribution is -2.15. The Morgan fingerprint density at radius 3 is 2.78 bits per heavy atom. The third-order valence-electron chi connectivity index (χ3n) is 2.51. The zero-order valence-electron chi connectivity index (χ0n) is 11.7. The van der Waals surface area contributed by atoms with Crippen LogP contribution in [-0.4, -0.2) is 25.9 Å². The van der Waals surface area contributed by atoms with Crippen molar-refractivity contribution in [3.8, 4) is 0 Å². The van der Waals surface area contributed by atoms with E-state index in [9.17, 15) is 0 Å². The Morgan fingerprint density at radius 1 is 1.28 bits per heavy atom. The summed E-state index contributed by atoms with van der Waals surface area (Å²) in [5.41, 5.74) is 0. The second-order valence-electron chi connectivity index (χ2n) is 4.33. The molecule has 1 aromatic rings. The maximum atomic E-state index is 5.66. The second kappa shape index (κ2) is 9.14. The molecule has 4 nitrogen and oxygen atoms in total. The van der Waals surface area contributed by atoms with Crippen LogP contribution in [0.15, 0.2) is 16.5 Å². The molecule has 104 valence electrons. The van der Waals surface area contributed by atoms with Gasteiger partial charge in [0.25, 0.3) is 0 Å². The Labute approximate surface area is 110 Å². The van der Waals surface area contributed by atoms with Crippen LogP contribution in [-0.2, 0) is 22.6 Å². The molecule has 1 atom stereocenters. The van der Waals surface area contributed by atoms with Crippen molar-refractivity contribution in [2.24, 2.45) is 0 Å². The number of ether oxygens (including phenoxy) is 2. The van der Waals surface area contributed by atoms with Gasteiger partial charge < -0.3 is 19.2 Å². The van der Waals surface area contributed by atoms with E-state index in [4.69, 9.17) is 13.9 Å². The first-order valence-corrected chi connectivity index (χ1v) is 6.73. The molecule has 0 fully saturated rings. The van der Waals surface area contributed by atoms with Gasteiger partial charge in [-0.15, -0.1) is 0 Å².